The van der Waals surface area contributed by atoms with E-state index in [4.69, 9.17) is 4.74 Å². The van der Waals surface area contributed by atoms with Gasteiger partial charge in [0.2, 0.25) is 0 Å². The SMILES string of the molecule is C=CC1CN(c2cc([N+](=O)[O-])cc([N+](=O)[O-])c2)C(=O)O1. The smallest absolute Gasteiger partial charge is 0.415 e. The number of rotatable bonds is 4. The number of carbonyl (C=O) groups excluding carboxylic acids is 1. The lowest BCUT2D eigenvalue weighted by atomic mass is 10.2. The minimum Gasteiger partial charge on any atom is -0.440 e. The highest BCUT2D eigenvalue weighted by Gasteiger charge is 2.32. The van der Waals surface area contributed by atoms with E-state index in [1.165, 1.54) is 6.08 Å². The Labute approximate surface area is 112 Å². The maximum atomic E-state index is 11.6. The molecule has 20 heavy (non-hydrogen) atoms. The Morgan fingerprint density at radius 2 is 1.80 bits per heavy atom. The topological polar surface area (TPSA) is 116 Å². The minimum absolute atomic E-state index is 0.0419. The van der Waals surface area contributed by atoms with Gasteiger partial charge in [-0.1, -0.05) is 6.58 Å². The summed E-state index contributed by atoms with van der Waals surface area (Å²) in [7, 11) is 0. The minimum atomic E-state index is -0.761. The van der Waals surface area contributed by atoms with E-state index >= 15 is 0 Å². The number of hydrogen-bond donors (Lipinski definition) is 0. The van der Waals surface area contributed by atoms with Gasteiger partial charge >= 0.3 is 6.09 Å². The Hall–Kier alpha value is -2.97. The van der Waals surface area contributed by atoms with Crippen LogP contribution in [0.25, 0.3) is 0 Å². The summed E-state index contributed by atoms with van der Waals surface area (Å²) in [6.07, 6.45) is 0.120. The zero-order chi connectivity index (χ0) is 14.9. The first-order chi connectivity index (χ1) is 9.42. The van der Waals surface area contributed by atoms with E-state index in [1.807, 2.05) is 0 Å². The van der Waals surface area contributed by atoms with Crippen LogP contribution in [0.1, 0.15) is 0 Å². The van der Waals surface area contributed by atoms with Crippen molar-refractivity contribution in [2.24, 2.45) is 0 Å². The highest BCUT2D eigenvalue weighted by Crippen LogP contribution is 2.30. The first-order valence-electron chi connectivity index (χ1n) is 5.47. The predicted octanol–water partition coefficient (Wildman–Crippen LogP) is 2.01. The van der Waals surface area contributed by atoms with Crippen LogP contribution in [0.4, 0.5) is 21.9 Å². The number of nitro benzene ring substituents is 2. The Balaban J connectivity index is 2.45. The molecule has 1 amide bonds. The molecular formula is C11H9N3O6. The van der Waals surface area contributed by atoms with Gasteiger partial charge in [-0.05, 0) is 6.08 Å². The van der Waals surface area contributed by atoms with Crippen LogP contribution in [0.3, 0.4) is 0 Å². The van der Waals surface area contributed by atoms with Gasteiger partial charge in [0, 0.05) is 12.1 Å². The summed E-state index contributed by atoms with van der Waals surface area (Å²) < 4.78 is 4.91. The van der Waals surface area contributed by atoms with Crippen molar-refractivity contribution >= 4 is 23.2 Å². The summed E-state index contributed by atoms with van der Waals surface area (Å²) in [5.41, 5.74) is -0.895. The Bertz CT molecular complexity index is 582. The van der Waals surface area contributed by atoms with E-state index in [-0.39, 0.29) is 12.2 Å². The molecule has 0 radical (unpaired) electrons. The fourth-order valence-corrected chi connectivity index (χ4v) is 1.76. The van der Waals surface area contributed by atoms with Gasteiger partial charge in [0.05, 0.1) is 28.1 Å². The third-order valence-corrected chi connectivity index (χ3v) is 2.72. The molecule has 1 fully saturated rings. The molecule has 0 spiro atoms. The first-order valence-corrected chi connectivity index (χ1v) is 5.47. The van der Waals surface area contributed by atoms with Gasteiger partial charge in [-0.3, -0.25) is 25.1 Å². The highest BCUT2D eigenvalue weighted by molar-refractivity contribution is 5.91. The number of nitro groups is 2. The van der Waals surface area contributed by atoms with Gasteiger partial charge in [-0.25, -0.2) is 4.79 Å². The molecule has 0 bridgehead atoms. The summed E-state index contributed by atoms with van der Waals surface area (Å²) >= 11 is 0. The standard InChI is InChI=1S/C11H9N3O6/c1-2-10-6-12(11(15)20-10)7-3-8(13(16)17)5-9(4-7)14(18)19/h2-5,10H,1,6H2. The molecular weight excluding hydrogens is 270 g/mol. The number of non-ortho nitro benzene ring substituents is 2. The third-order valence-electron chi connectivity index (χ3n) is 2.72. The van der Waals surface area contributed by atoms with E-state index in [0.29, 0.717) is 0 Å². The number of cyclic esters (lactones) is 1. The van der Waals surface area contributed by atoms with E-state index in [2.05, 4.69) is 6.58 Å². The van der Waals surface area contributed by atoms with Gasteiger partial charge in [0.1, 0.15) is 6.10 Å². The van der Waals surface area contributed by atoms with Gasteiger partial charge in [-0.15, -0.1) is 0 Å². The van der Waals surface area contributed by atoms with Crippen LogP contribution < -0.4 is 4.90 Å². The molecule has 9 nitrogen and oxygen atoms in total. The van der Waals surface area contributed by atoms with Crippen molar-refractivity contribution in [3.63, 3.8) is 0 Å². The van der Waals surface area contributed by atoms with Gasteiger partial charge < -0.3 is 4.74 Å². The number of benzene rings is 1. The van der Waals surface area contributed by atoms with Crippen LogP contribution in [0.5, 0.6) is 0 Å². The lowest BCUT2D eigenvalue weighted by Crippen LogP contribution is -2.24. The van der Waals surface area contributed by atoms with Crippen LogP contribution >= 0.6 is 0 Å². The first kappa shape index (κ1) is 13.5. The molecule has 1 saturated heterocycles. The Morgan fingerprint density at radius 3 is 2.20 bits per heavy atom. The summed E-state index contributed by atoms with van der Waals surface area (Å²) in [5.74, 6) is 0. The molecule has 9 heteroatoms. The summed E-state index contributed by atoms with van der Waals surface area (Å²) in [6.45, 7) is 3.57. The van der Waals surface area contributed by atoms with Crippen molar-refractivity contribution in [1.29, 1.82) is 0 Å². The Kier molecular flexibility index (Phi) is 3.34. The zero-order valence-corrected chi connectivity index (χ0v) is 10.1. The zero-order valence-electron chi connectivity index (χ0n) is 10.1. The molecule has 2 rings (SSSR count). The predicted molar refractivity (Wildman–Crippen MR) is 67.6 cm³/mol. The molecule has 104 valence electrons. The van der Waals surface area contributed by atoms with Gasteiger partial charge in [-0.2, -0.15) is 0 Å². The number of hydrogen-bond acceptors (Lipinski definition) is 6. The maximum Gasteiger partial charge on any atom is 0.415 e. The van der Waals surface area contributed by atoms with Gasteiger partial charge in [0.15, 0.2) is 0 Å². The van der Waals surface area contributed by atoms with Crippen LogP contribution in [0.15, 0.2) is 30.9 Å². The monoisotopic (exact) mass is 279 g/mol. The average Bonchev–Trinajstić information content (AvgIpc) is 2.79. The molecule has 1 atom stereocenters. The second-order valence-corrected chi connectivity index (χ2v) is 3.99. The lowest BCUT2D eigenvalue weighted by Gasteiger charge is -2.12. The maximum absolute atomic E-state index is 11.6. The summed E-state index contributed by atoms with van der Waals surface area (Å²) in [5, 5.41) is 21.6. The highest BCUT2D eigenvalue weighted by atomic mass is 16.6. The van der Waals surface area contributed by atoms with Crippen LogP contribution in [0, 0.1) is 20.2 Å². The molecule has 0 aromatic heterocycles. The van der Waals surface area contributed by atoms with E-state index in [1.54, 1.807) is 0 Å². The van der Waals surface area contributed by atoms with Crippen molar-refractivity contribution in [3.8, 4) is 0 Å². The molecule has 1 aliphatic rings. The number of ether oxygens (including phenoxy) is 1. The number of nitrogens with zero attached hydrogens (tertiary/aromatic N) is 3. The molecule has 1 aliphatic heterocycles. The fraction of sp³-hybridized carbons (Fsp3) is 0.182. The normalized spacial score (nSPS) is 17.7. The second-order valence-electron chi connectivity index (χ2n) is 3.99. The third kappa shape index (κ3) is 2.41. The molecule has 1 aromatic carbocycles. The van der Waals surface area contributed by atoms with E-state index < -0.39 is 33.4 Å². The molecule has 0 N–H and O–H groups in total. The quantitative estimate of drug-likeness (QED) is 0.473. The van der Waals surface area contributed by atoms with Crippen molar-refractivity contribution in [3.05, 3.63) is 51.1 Å². The molecule has 1 unspecified atom stereocenters. The van der Waals surface area contributed by atoms with Crippen LogP contribution in [0.2, 0.25) is 0 Å². The molecule has 1 aromatic rings. The van der Waals surface area contributed by atoms with Crippen LogP contribution in [-0.4, -0.2) is 28.6 Å². The lowest BCUT2D eigenvalue weighted by molar-refractivity contribution is -0.394. The Morgan fingerprint density at radius 1 is 1.25 bits per heavy atom. The number of amides is 1. The largest absolute Gasteiger partial charge is 0.440 e. The molecule has 0 saturated carbocycles. The molecule has 0 aliphatic carbocycles. The van der Waals surface area contributed by atoms with E-state index in [9.17, 15) is 25.0 Å². The summed E-state index contributed by atoms with van der Waals surface area (Å²) in [4.78, 5) is 32.7. The summed E-state index contributed by atoms with van der Waals surface area (Å²) in [6, 6.07) is 3.00. The number of anilines is 1. The average molecular weight is 279 g/mol. The van der Waals surface area contributed by atoms with Crippen molar-refractivity contribution in [2.45, 2.75) is 6.10 Å². The number of carbonyl (C=O) groups is 1. The van der Waals surface area contributed by atoms with Crippen molar-refractivity contribution in [1.82, 2.24) is 0 Å². The van der Waals surface area contributed by atoms with Crippen LogP contribution in [-0.2, 0) is 4.74 Å². The van der Waals surface area contributed by atoms with Gasteiger partial charge in [0.25, 0.3) is 11.4 Å². The fourth-order valence-electron chi connectivity index (χ4n) is 1.76. The van der Waals surface area contributed by atoms with Crippen molar-refractivity contribution < 1.29 is 19.4 Å². The van der Waals surface area contributed by atoms with Crippen molar-refractivity contribution in [2.75, 3.05) is 11.4 Å². The van der Waals surface area contributed by atoms with E-state index in [0.717, 1.165) is 23.1 Å². The second kappa shape index (κ2) is 4.96. The molecule has 1 heterocycles.